The van der Waals surface area contributed by atoms with Crippen LogP contribution >= 0.6 is 0 Å². The van der Waals surface area contributed by atoms with Crippen molar-refractivity contribution in [1.82, 2.24) is 0 Å². The summed E-state index contributed by atoms with van der Waals surface area (Å²) in [4.78, 5) is 20.9. The second kappa shape index (κ2) is 5.16. The molecule has 0 heterocycles. The zero-order chi connectivity index (χ0) is 13.9. The van der Waals surface area contributed by atoms with Gasteiger partial charge in [-0.05, 0) is 19.1 Å². The average molecular weight is 261 g/mol. The third kappa shape index (κ3) is 3.54. The number of alkyl halides is 3. The lowest BCUT2D eigenvalue weighted by molar-refractivity contribution is -0.527. The van der Waals surface area contributed by atoms with Crippen LogP contribution in [0.5, 0.6) is 0 Å². The van der Waals surface area contributed by atoms with Gasteiger partial charge >= 0.3 is 6.18 Å². The maximum atomic E-state index is 12.3. The van der Waals surface area contributed by atoms with Crippen LogP contribution < -0.4 is 0 Å². The van der Waals surface area contributed by atoms with E-state index < -0.39 is 28.5 Å². The first-order chi connectivity index (χ1) is 8.21. The molecule has 1 aromatic rings. The first kappa shape index (κ1) is 14.1. The highest BCUT2D eigenvalue weighted by molar-refractivity contribution is 5.76. The number of nitrogens with zero attached hydrogens (tertiary/aromatic N) is 1. The summed E-state index contributed by atoms with van der Waals surface area (Å²) in [5.41, 5.74) is -0.792. The highest BCUT2D eigenvalue weighted by atomic mass is 19.4. The van der Waals surface area contributed by atoms with Gasteiger partial charge in [-0.15, -0.1) is 0 Å². The minimum atomic E-state index is -4.48. The Morgan fingerprint density at radius 2 is 1.83 bits per heavy atom. The quantitative estimate of drug-likeness (QED) is 0.618. The van der Waals surface area contributed by atoms with Crippen molar-refractivity contribution in [2.24, 2.45) is 0 Å². The molecule has 1 unspecified atom stereocenters. The summed E-state index contributed by atoms with van der Waals surface area (Å²) in [7, 11) is 0. The molecule has 18 heavy (non-hydrogen) atoms. The summed E-state index contributed by atoms with van der Waals surface area (Å²) >= 11 is 0. The number of nitro groups is 1. The Hall–Kier alpha value is -1.92. The third-order valence-electron chi connectivity index (χ3n) is 2.36. The van der Waals surface area contributed by atoms with Crippen LogP contribution in [-0.2, 0) is 11.0 Å². The van der Waals surface area contributed by atoms with Crippen LogP contribution in [0.3, 0.4) is 0 Å². The van der Waals surface area contributed by atoms with E-state index in [0.29, 0.717) is 0 Å². The van der Waals surface area contributed by atoms with Crippen molar-refractivity contribution in [2.75, 3.05) is 0 Å². The van der Waals surface area contributed by atoms with Crippen molar-refractivity contribution in [1.29, 1.82) is 0 Å². The number of ketones is 1. The van der Waals surface area contributed by atoms with Crippen molar-refractivity contribution >= 4 is 5.78 Å². The van der Waals surface area contributed by atoms with Gasteiger partial charge in [0.05, 0.1) is 12.0 Å². The second-order valence-electron chi connectivity index (χ2n) is 3.83. The lowest BCUT2D eigenvalue weighted by Crippen LogP contribution is -2.14. The van der Waals surface area contributed by atoms with Crippen LogP contribution in [0.2, 0.25) is 0 Å². The van der Waals surface area contributed by atoms with Crippen molar-refractivity contribution in [3.05, 3.63) is 45.5 Å². The van der Waals surface area contributed by atoms with E-state index in [0.717, 1.165) is 24.3 Å². The van der Waals surface area contributed by atoms with Crippen molar-refractivity contribution in [3.63, 3.8) is 0 Å². The SMILES string of the molecule is CC(=O)CC(c1ccc(C(F)(F)F)cc1)[N+](=O)[O-]. The Morgan fingerprint density at radius 3 is 2.17 bits per heavy atom. The molecule has 0 radical (unpaired) electrons. The van der Waals surface area contributed by atoms with Gasteiger partial charge < -0.3 is 0 Å². The minimum absolute atomic E-state index is 0.0863. The minimum Gasteiger partial charge on any atom is -0.300 e. The summed E-state index contributed by atoms with van der Waals surface area (Å²) < 4.78 is 36.9. The molecule has 1 rings (SSSR count). The Morgan fingerprint density at radius 1 is 1.33 bits per heavy atom. The molecular weight excluding hydrogens is 251 g/mol. The van der Waals surface area contributed by atoms with E-state index in [4.69, 9.17) is 0 Å². The molecule has 7 heteroatoms. The standard InChI is InChI=1S/C11H10F3NO3/c1-7(16)6-10(15(17)18)8-2-4-9(5-3-8)11(12,13)14/h2-5,10H,6H2,1H3. The van der Waals surface area contributed by atoms with Gasteiger partial charge in [0.1, 0.15) is 5.78 Å². The van der Waals surface area contributed by atoms with Gasteiger partial charge in [0.25, 0.3) is 0 Å². The van der Waals surface area contributed by atoms with Gasteiger partial charge in [-0.2, -0.15) is 13.2 Å². The lowest BCUT2D eigenvalue weighted by Gasteiger charge is -2.10. The summed E-state index contributed by atoms with van der Waals surface area (Å²) in [5.74, 6) is -0.392. The smallest absolute Gasteiger partial charge is 0.300 e. The maximum absolute atomic E-state index is 12.3. The zero-order valence-corrected chi connectivity index (χ0v) is 9.40. The fraction of sp³-hybridized carbons (Fsp3) is 0.364. The number of carbonyl (C=O) groups excluding carboxylic acids is 1. The Balaban J connectivity index is 3.01. The van der Waals surface area contributed by atoms with Gasteiger partial charge in [0, 0.05) is 10.5 Å². The highest BCUT2D eigenvalue weighted by Gasteiger charge is 2.31. The monoisotopic (exact) mass is 261 g/mol. The first-order valence-electron chi connectivity index (χ1n) is 5.02. The van der Waals surface area contributed by atoms with E-state index in [-0.39, 0.29) is 12.0 Å². The molecule has 0 bridgehead atoms. The normalized spacial score (nSPS) is 13.1. The number of Topliss-reactive ketones (excluding diaryl/α,β-unsaturated/α-hetero) is 1. The van der Waals surface area contributed by atoms with Gasteiger partial charge in [-0.1, -0.05) is 12.1 Å². The van der Waals surface area contributed by atoms with Crippen LogP contribution in [0.15, 0.2) is 24.3 Å². The Bertz CT molecular complexity index is 454. The summed E-state index contributed by atoms with van der Waals surface area (Å²) in [5, 5.41) is 10.7. The van der Waals surface area contributed by atoms with Crippen LogP contribution in [0.4, 0.5) is 13.2 Å². The van der Waals surface area contributed by atoms with Gasteiger partial charge in [0.15, 0.2) is 0 Å². The lowest BCUT2D eigenvalue weighted by atomic mass is 10.0. The molecule has 0 saturated carbocycles. The molecule has 0 fully saturated rings. The van der Waals surface area contributed by atoms with Crippen LogP contribution in [0.1, 0.15) is 30.5 Å². The van der Waals surface area contributed by atoms with E-state index in [9.17, 15) is 28.1 Å². The predicted octanol–water partition coefficient (Wildman–Crippen LogP) is 3.00. The van der Waals surface area contributed by atoms with E-state index in [2.05, 4.69) is 0 Å². The molecule has 0 amide bonds. The number of hydrogen-bond acceptors (Lipinski definition) is 3. The number of hydrogen-bond donors (Lipinski definition) is 0. The second-order valence-corrected chi connectivity index (χ2v) is 3.83. The molecule has 0 saturated heterocycles. The number of rotatable bonds is 4. The first-order valence-corrected chi connectivity index (χ1v) is 5.02. The molecule has 0 aliphatic rings. The molecule has 0 spiro atoms. The van der Waals surface area contributed by atoms with Crippen molar-refractivity contribution in [3.8, 4) is 0 Å². The topological polar surface area (TPSA) is 60.2 Å². The fourth-order valence-corrected chi connectivity index (χ4v) is 1.48. The van der Waals surface area contributed by atoms with Crippen molar-refractivity contribution in [2.45, 2.75) is 25.6 Å². The average Bonchev–Trinajstić information content (AvgIpc) is 2.24. The molecule has 1 atom stereocenters. The highest BCUT2D eigenvalue weighted by Crippen LogP contribution is 2.30. The molecule has 0 N–H and O–H groups in total. The van der Waals surface area contributed by atoms with Gasteiger partial charge in [-0.25, -0.2) is 0 Å². The van der Waals surface area contributed by atoms with E-state index in [1.165, 1.54) is 6.92 Å². The summed E-state index contributed by atoms with van der Waals surface area (Å²) in [6, 6.07) is 2.29. The van der Waals surface area contributed by atoms with E-state index >= 15 is 0 Å². The Labute approximate surface area is 101 Å². The third-order valence-corrected chi connectivity index (χ3v) is 2.36. The summed E-state index contributed by atoms with van der Waals surface area (Å²) in [6.45, 7) is 1.20. The Kier molecular flexibility index (Phi) is 4.05. The molecule has 0 aliphatic carbocycles. The molecular formula is C11H10F3NO3. The summed E-state index contributed by atoms with van der Waals surface area (Å²) in [6.07, 6.45) is -4.82. The molecule has 4 nitrogen and oxygen atoms in total. The predicted molar refractivity (Wildman–Crippen MR) is 56.5 cm³/mol. The molecule has 0 aromatic heterocycles. The number of carbonyl (C=O) groups is 1. The fourth-order valence-electron chi connectivity index (χ4n) is 1.48. The van der Waals surface area contributed by atoms with Crippen molar-refractivity contribution < 1.29 is 22.9 Å². The zero-order valence-electron chi connectivity index (χ0n) is 9.40. The van der Waals surface area contributed by atoms with Crippen LogP contribution in [-0.4, -0.2) is 10.7 Å². The van der Waals surface area contributed by atoms with E-state index in [1.54, 1.807) is 0 Å². The van der Waals surface area contributed by atoms with Gasteiger partial charge in [0.2, 0.25) is 6.04 Å². The molecule has 98 valence electrons. The maximum Gasteiger partial charge on any atom is 0.416 e. The number of benzene rings is 1. The largest absolute Gasteiger partial charge is 0.416 e. The molecule has 0 aliphatic heterocycles. The van der Waals surface area contributed by atoms with E-state index in [1.807, 2.05) is 0 Å². The van der Waals surface area contributed by atoms with Crippen LogP contribution in [0.25, 0.3) is 0 Å². The van der Waals surface area contributed by atoms with Gasteiger partial charge in [-0.3, -0.25) is 14.9 Å². The number of halogens is 3. The van der Waals surface area contributed by atoms with Crippen LogP contribution in [0, 0.1) is 10.1 Å². The molecule has 1 aromatic carbocycles.